The number of rotatable bonds is 5. The van der Waals surface area contributed by atoms with Gasteiger partial charge in [0.05, 0.1) is 23.5 Å². The molecule has 4 N–H and O–H groups in total. The number of para-hydroxylation sites is 1. The van der Waals surface area contributed by atoms with Crippen molar-refractivity contribution in [3.05, 3.63) is 65.2 Å². The molecule has 5 nitrogen and oxygen atoms in total. The molecule has 1 aliphatic rings. The number of hydrogen-bond donors (Lipinski definition) is 4. The van der Waals surface area contributed by atoms with Crippen LogP contribution in [0.5, 0.6) is 5.75 Å². The van der Waals surface area contributed by atoms with Crippen molar-refractivity contribution in [3.8, 4) is 5.75 Å². The number of thioether (sulfide) groups is 1. The third-order valence-electron chi connectivity index (χ3n) is 4.74. The van der Waals surface area contributed by atoms with Gasteiger partial charge in [0.2, 0.25) is 0 Å². The van der Waals surface area contributed by atoms with E-state index in [4.69, 9.17) is 4.74 Å². The van der Waals surface area contributed by atoms with Crippen LogP contribution in [0.15, 0.2) is 48.5 Å². The molecule has 9 heteroatoms. The molecule has 0 saturated carbocycles. The molecule has 158 valence electrons. The summed E-state index contributed by atoms with van der Waals surface area (Å²) in [7, 11) is 0. The van der Waals surface area contributed by atoms with Crippen LogP contribution < -0.4 is 4.74 Å². The van der Waals surface area contributed by atoms with Gasteiger partial charge in [-0.3, -0.25) is 0 Å². The summed E-state index contributed by atoms with van der Waals surface area (Å²) in [6, 6.07) is 11.7. The Morgan fingerprint density at radius 1 is 0.897 bits per heavy atom. The van der Waals surface area contributed by atoms with Gasteiger partial charge in [-0.15, -0.1) is 11.8 Å². The molecule has 0 unspecified atom stereocenters. The van der Waals surface area contributed by atoms with E-state index in [1.54, 1.807) is 24.3 Å². The molecule has 0 amide bonds. The average molecular weight is 430 g/mol. The molecule has 0 aliphatic carbocycles. The quantitative estimate of drug-likeness (QED) is 0.582. The summed E-state index contributed by atoms with van der Waals surface area (Å²) in [5, 5.41) is 38.8. The Balaban J connectivity index is 1.77. The Morgan fingerprint density at radius 2 is 1.55 bits per heavy atom. The Bertz CT molecular complexity index is 813. The summed E-state index contributed by atoms with van der Waals surface area (Å²) in [5.41, 5.74) is -0.329. The molecule has 3 rings (SSSR count). The largest absolute Gasteiger partial charge is 0.477 e. The van der Waals surface area contributed by atoms with E-state index < -0.39 is 47.3 Å². The van der Waals surface area contributed by atoms with E-state index in [0.29, 0.717) is 23.3 Å². The minimum Gasteiger partial charge on any atom is -0.477 e. The molecular weight excluding hydrogens is 409 g/mol. The number of aliphatic hydroxyl groups is 4. The molecule has 1 saturated heterocycles. The molecule has 29 heavy (non-hydrogen) atoms. The number of hydrogen-bond acceptors (Lipinski definition) is 6. The summed E-state index contributed by atoms with van der Waals surface area (Å²) in [5.74, 6) is 0.393. The van der Waals surface area contributed by atoms with Crippen molar-refractivity contribution in [2.75, 3.05) is 6.61 Å². The van der Waals surface area contributed by atoms with E-state index in [1.807, 2.05) is 0 Å². The highest BCUT2D eigenvalue weighted by molar-refractivity contribution is 8.00. The van der Waals surface area contributed by atoms with E-state index >= 15 is 0 Å². The first kappa shape index (κ1) is 21.9. The van der Waals surface area contributed by atoms with Crippen LogP contribution >= 0.6 is 11.8 Å². The van der Waals surface area contributed by atoms with E-state index in [9.17, 15) is 33.6 Å². The highest BCUT2D eigenvalue weighted by atomic mass is 32.2. The smallest absolute Gasteiger partial charge is 0.416 e. The van der Waals surface area contributed by atoms with Gasteiger partial charge in [-0.2, -0.15) is 13.2 Å². The van der Waals surface area contributed by atoms with Gasteiger partial charge >= 0.3 is 6.18 Å². The second kappa shape index (κ2) is 8.93. The van der Waals surface area contributed by atoms with Crippen LogP contribution in [-0.2, 0) is 12.6 Å². The molecule has 5 atom stereocenters. The van der Waals surface area contributed by atoms with Crippen molar-refractivity contribution >= 4 is 11.8 Å². The Hall–Kier alpha value is -1.78. The van der Waals surface area contributed by atoms with E-state index in [-0.39, 0.29) is 0 Å². The number of benzene rings is 2. The summed E-state index contributed by atoms with van der Waals surface area (Å²) in [6.45, 7) is -0.400. The third-order valence-corrected chi connectivity index (χ3v) is 6.16. The molecule has 0 aromatic heterocycles. The topological polar surface area (TPSA) is 90.2 Å². The summed E-state index contributed by atoms with van der Waals surface area (Å²) < 4.78 is 44.0. The van der Waals surface area contributed by atoms with E-state index in [2.05, 4.69) is 0 Å². The zero-order valence-electron chi connectivity index (χ0n) is 15.2. The van der Waals surface area contributed by atoms with Gasteiger partial charge in [0.25, 0.3) is 0 Å². The second-order valence-corrected chi connectivity index (χ2v) is 8.14. The van der Waals surface area contributed by atoms with Crippen LogP contribution in [0, 0.1) is 0 Å². The molecule has 0 bridgehead atoms. The Kier molecular flexibility index (Phi) is 6.75. The fraction of sp³-hybridized carbons (Fsp3) is 0.400. The van der Waals surface area contributed by atoms with Gasteiger partial charge in [-0.1, -0.05) is 30.3 Å². The monoisotopic (exact) mass is 430 g/mol. The summed E-state index contributed by atoms with van der Waals surface area (Å²) in [6.07, 6.45) is -8.24. The normalized spacial score (nSPS) is 27.6. The lowest BCUT2D eigenvalue weighted by Gasteiger charge is -2.39. The van der Waals surface area contributed by atoms with Crippen molar-refractivity contribution < 1.29 is 38.3 Å². The Labute approximate surface area is 169 Å². The fourth-order valence-corrected chi connectivity index (χ4v) is 4.32. The number of halogens is 3. The van der Waals surface area contributed by atoms with E-state index in [1.165, 1.54) is 12.1 Å². The molecule has 0 spiro atoms. The van der Waals surface area contributed by atoms with Gasteiger partial charge in [-0.05, 0) is 29.3 Å². The number of ether oxygens (including phenoxy) is 1. The van der Waals surface area contributed by atoms with Crippen molar-refractivity contribution in [1.29, 1.82) is 0 Å². The minimum atomic E-state index is -4.40. The SMILES string of the molecule is OC[C@H]1S[C@@H](Oc2ccccc2Cc2ccc(C(F)(F)F)cc2)[C@H](O)[C@@H](O)[C@@H]1O. The van der Waals surface area contributed by atoms with Crippen LogP contribution in [-0.4, -0.2) is 56.0 Å². The van der Waals surface area contributed by atoms with E-state index in [0.717, 1.165) is 23.9 Å². The first-order valence-electron chi connectivity index (χ1n) is 8.92. The molecule has 1 aliphatic heterocycles. The summed E-state index contributed by atoms with van der Waals surface area (Å²) in [4.78, 5) is 0. The van der Waals surface area contributed by atoms with Crippen molar-refractivity contribution in [3.63, 3.8) is 0 Å². The Morgan fingerprint density at radius 3 is 2.17 bits per heavy atom. The maximum absolute atomic E-state index is 12.7. The zero-order valence-corrected chi connectivity index (χ0v) is 16.0. The van der Waals surface area contributed by atoms with Crippen LogP contribution in [0.1, 0.15) is 16.7 Å². The molecule has 2 aromatic carbocycles. The first-order chi connectivity index (χ1) is 13.7. The second-order valence-electron chi connectivity index (χ2n) is 6.79. The molecule has 1 fully saturated rings. The van der Waals surface area contributed by atoms with Gasteiger partial charge in [0.15, 0.2) is 5.44 Å². The zero-order chi connectivity index (χ0) is 21.2. The van der Waals surface area contributed by atoms with Crippen molar-refractivity contribution in [1.82, 2.24) is 0 Å². The highest BCUT2D eigenvalue weighted by Gasteiger charge is 2.44. The standard InChI is InChI=1S/C20H21F3O5S/c21-20(22,23)13-7-5-11(6-8-13)9-12-3-1-2-4-14(12)28-19-18(27)17(26)16(25)15(10-24)29-19/h1-8,15-19,24-27H,9-10H2/t15-,16-,17+,18-,19-/m1/s1. The van der Waals surface area contributed by atoms with Gasteiger partial charge < -0.3 is 25.2 Å². The van der Waals surface area contributed by atoms with Gasteiger partial charge in [0, 0.05) is 6.42 Å². The van der Waals surface area contributed by atoms with Crippen LogP contribution in [0.4, 0.5) is 13.2 Å². The minimum absolute atomic E-state index is 0.302. The maximum atomic E-state index is 12.7. The van der Waals surface area contributed by atoms with Crippen LogP contribution in [0.25, 0.3) is 0 Å². The highest BCUT2D eigenvalue weighted by Crippen LogP contribution is 2.36. The van der Waals surface area contributed by atoms with Crippen LogP contribution in [0.3, 0.4) is 0 Å². The van der Waals surface area contributed by atoms with Crippen molar-refractivity contribution in [2.45, 2.75) is 41.6 Å². The lowest BCUT2D eigenvalue weighted by Crippen LogP contribution is -2.55. The fourth-order valence-electron chi connectivity index (χ4n) is 3.09. The van der Waals surface area contributed by atoms with Crippen LogP contribution in [0.2, 0.25) is 0 Å². The van der Waals surface area contributed by atoms with Gasteiger partial charge in [-0.25, -0.2) is 0 Å². The number of aliphatic hydroxyl groups excluding tert-OH is 4. The van der Waals surface area contributed by atoms with Crippen molar-refractivity contribution in [2.24, 2.45) is 0 Å². The number of alkyl halides is 3. The maximum Gasteiger partial charge on any atom is 0.416 e. The molecular formula is C20H21F3O5S. The molecule has 2 aromatic rings. The lowest BCUT2D eigenvalue weighted by atomic mass is 10.0. The molecule has 0 radical (unpaired) electrons. The lowest BCUT2D eigenvalue weighted by molar-refractivity contribution is -0.137. The third kappa shape index (κ3) is 5.04. The first-order valence-corrected chi connectivity index (χ1v) is 9.86. The molecule has 1 heterocycles. The predicted octanol–water partition coefficient (Wildman–Crippen LogP) is 2.19. The van der Waals surface area contributed by atoms with Gasteiger partial charge in [0.1, 0.15) is 18.0 Å². The summed E-state index contributed by atoms with van der Waals surface area (Å²) >= 11 is 1.01. The predicted molar refractivity (Wildman–Crippen MR) is 102 cm³/mol. The average Bonchev–Trinajstić information content (AvgIpc) is 2.69.